The van der Waals surface area contributed by atoms with Crippen molar-refractivity contribution < 1.29 is 80.2 Å². The lowest BCUT2D eigenvalue weighted by molar-refractivity contribution is -0.161. The molecule has 91 heavy (non-hydrogen) atoms. The van der Waals surface area contributed by atoms with Crippen LogP contribution < -0.4 is 0 Å². The minimum Gasteiger partial charge on any atom is -0.462 e. The lowest BCUT2D eigenvalue weighted by Crippen LogP contribution is -2.30. The van der Waals surface area contributed by atoms with Gasteiger partial charge in [0.15, 0.2) is 12.2 Å². The van der Waals surface area contributed by atoms with E-state index in [0.29, 0.717) is 25.7 Å². The van der Waals surface area contributed by atoms with E-state index < -0.39 is 97.5 Å². The van der Waals surface area contributed by atoms with Gasteiger partial charge in [-0.15, -0.1) is 0 Å². The summed E-state index contributed by atoms with van der Waals surface area (Å²) in [5, 5.41) is 10.6. The fraction of sp³-hybridized carbons (Fsp3) is 0.944. The van der Waals surface area contributed by atoms with E-state index in [0.717, 1.165) is 95.8 Å². The first-order chi connectivity index (χ1) is 44.0. The van der Waals surface area contributed by atoms with Gasteiger partial charge in [-0.1, -0.05) is 324 Å². The summed E-state index contributed by atoms with van der Waals surface area (Å²) in [6.07, 6.45) is 52.5. The highest BCUT2D eigenvalue weighted by atomic mass is 31.2. The zero-order valence-electron chi connectivity index (χ0n) is 59.0. The Morgan fingerprint density at radius 1 is 0.297 bits per heavy atom. The van der Waals surface area contributed by atoms with Crippen molar-refractivity contribution in [2.24, 2.45) is 5.92 Å². The van der Waals surface area contributed by atoms with Crippen molar-refractivity contribution in [3.05, 3.63) is 0 Å². The molecule has 540 valence electrons. The Labute approximate surface area is 556 Å². The summed E-state index contributed by atoms with van der Waals surface area (Å²) in [6.45, 7) is 7.27. The van der Waals surface area contributed by atoms with E-state index in [9.17, 15) is 43.2 Å². The van der Waals surface area contributed by atoms with Crippen LogP contribution in [0.4, 0.5) is 0 Å². The van der Waals surface area contributed by atoms with E-state index in [1.807, 2.05) is 0 Å². The van der Waals surface area contributed by atoms with Crippen molar-refractivity contribution in [2.45, 2.75) is 393 Å². The van der Waals surface area contributed by atoms with Gasteiger partial charge in [0.25, 0.3) is 0 Å². The van der Waals surface area contributed by atoms with E-state index in [2.05, 4.69) is 34.6 Å². The number of hydrogen-bond acceptors (Lipinski definition) is 15. The highest BCUT2D eigenvalue weighted by Gasteiger charge is 2.30. The average molecular weight is 1340 g/mol. The summed E-state index contributed by atoms with van der Waals surface area (Å²) in [5.74, 6) is -1.35. The van der Waals surface area contributed by atoms with E-state index in [1.54, 1.807) is 0 Å². The van der Waals surface area contributed by atoms with Crippen LogP contribution in [0.2, 0.25) is 0 Å². The molecule has 0 aromatic rings. The van der Waals surface area contributed by atoms with Crippen LogP contribution in [0, 0.1) is 5.92 Å². The lowest BCUT2D eigenvalue weighted by atomic mass is 10.0. The van der Waals surface area contributed by atoms with Gasteiger partial charge in [-0.3, -0.25) is 37.3 Å². The predicted molar refractivity (Wildman–Crippen MR) is 368 cm³/mol. The lowest BCUT2D eigenvalue weighted by Gasteiger charge is -2.21. The van der Waals surface area contributed by atoms with Crippen molar-refractivity contribution in [3.63, 3.8) is 0 Å². The average Bonchev–Trinajstić information content (AvgIpc) is 3.14. The summed E-state index contributed by atoms with van der Waals surface area (Å²) in [4.78, 5) is 72.6. The predicted octanol–water partition coefficient (Wildman–Crippen LogP) is 20.9. The van der Waals surface area contributed by atoms with E-state index in [-0.39, 0.29) is 25.7 Å². The Balaban J connectivity index is 5.26. The Bertz CT molecular complexity index is 1750. The number of rotatable bonds is 72. The van der Waals surface area contributed by atoms with Crippen LogP contribution in [0.5, 0.6) is 0 Å². The highest BCUT2D eigenvalue weighted by Crippen LogP contribution is 2.45. The second-order valence-corrected chi connectivity index (χ2v) is 29.4. The molecular weight excluding hydrogens is 1200 g/mol. The monoisotopic (exact) mass is 1340 g/mol. The van der Waals surface area contributed by atoms with Crippen LogP contribution in [-0.2, 0) is 65.4 Å². The van der Waals surface area contributed by atoms with Gasteiger partial charge in [0, 0.05) is 25.7 Å². The Hall–Kier alpha value is -1.94. The third-order valence-electron chi connectivity index (χ3n) is 16.8. The van der Waals surface area contributed by atoms with Crippen molar-refractivity contribution >= 4 is 39.5 Å². The summed E-state index contributed by atoms with van der Waals surface area (Å²) in [5.41, 5.74) is 0. The largest absolute Gasteiger partial charge is 0.472 e. The molecule has 0 aliphatic rings. The second-order valence-electron chi connectivity index (χ2n) is 26.5. The maximum absolute atomic E-state index is 13.0. The van der Waals surface area contributed by atoms with Crippen LogP contribution in [0.1, 0.15) is 375 Å². The molecule has 0 spiro atoms. The smallest absolute Gasteiger partial charge is 0.462 e. The first-order valence-corrected chi connectivity index (χ1v) is 40.6. The molecule has 0 heterocycles. The molecule has 17 nitrogen and oxygen atoms in total. The summed E-state index contributed by atoms with van der Waals surface area (Å²) >= 11 is 0. The number of esters is 4. The zero-order valence-corrected chi connectivity index (χ0v) is 60.8. The maximum Gasteiger partial charge on any atom is 0.472 e. The van der Waals surface area contributed by atoms with Crippen molar-refractivity contribution in [1.29, 1.82) is 0 Å². The molecule has 19 heteroatoms. The number of aliphatic hydroxyl groups excluding tert-OH is 1. The van der Waals surface area contributed by atoms with E-state index >= 15 is 0 Å². The van der Waals surface area contributed by atoms with E-state index in [4.69, 9.17) is 37.0 Å². The summed E-state index contributed by atoms with van der Waals surface area (Å²) in [7, 11) is -9.90. The van der Waals surface area contributed by atoms with Gasteiger partial charge in [-0.05, 0) is 31.6 Å². The Kier molecular flexibility index (Phi) is 64.0. The van der Waals surface area contributed by atoms with Crippen molar-refractivity contribution in [3.8, 4) is 0 Å². The molecule has 0 aliphatic heterocycles. The SMILES string of the molecule is CCCCCCCCCCCCCCCC(=O)OC[C@H](COP(=O)(O)OC[C@@H](O)COP(=O)(O)OC[C@@H](COC(=O)CCCCCCCCCCCCC)OC(=O)CCCCCCCCCCCCCCC)OC(=O)CCCCCCCCCCCCCC(C)C. The quantitative estimate of drug-likeness (QED) is 0.0222. The number of aliphatic hydroxyl groups is 1. The zero-order chi connectivity index (χ0) is 67.0. The number of phosphoric ester groups is 2. The topological polar surface area (TPSA) is 237 Å². The number of phosphoric acid groups is 2. The Morgan fingerprint density at radius 2 is 0.505 bits per heavy atom. The minimum absolute atomic E-state index is 0.107. The van der Waals surface area contributed by atoms with Crippen LogP contribution in [-0.4, -0.2) is 96.7 Å². The normalized spacial score (nSPS) is 14.0. The molecule has 0 amide bonds. The molecule has 0 bridgehead atoms. The molecule has 0 saturated carbocycles. The number of carbonyl (C=O) groups excluding carboxylic acids is 4. The molecule has 2 unspecified atom stereocenters. The first kappa shape index (κ1) is 89.1. The van der Waals surface area contributed by atoms with Crippen LogP contribution in [0.15, 0.2) is 0 Å². The maximum atomic E-state index is 13.0. The third-order valence-corrected chi connectivity index (χ3v) is 18.7. The minimum atomic E-state index is -4.95. The fourth-order valence-electron chi connectivity index (χ4n) is 11.0. The Morgan fingerprint density at radius 3 is 0.747 bits per heavy atom. The number of hydrogen-bond donors (Lipinski definition) is 3. The van der Waals surface area contributed by atoms with Crippen molar-refractivity contribution in [2.75, 3.05) is 39.6 Å². The molecule has 0 radical (unpaired) electrons. The molecule has 0 fully saturated rings. The second kappa shape index (κ2) is 65.4. The number of carbonyl (C=O) groups is 4. The summed E-state index contributed by atoms with van der Waals surface area (Å²) < 4.78 is 68.4. The third kappa shape index (κ3) is 66.5. The van der Waals surface area contributed by atoms with Gasteiger partial charge in [0.2, 0.25) is 0 Å². The van der Waals surface area contributed by atoms with Gasteiger partial charge in [0.05, 0.1) is 26.4 Å². The van der Waals surface area contributed by atoms with Crippen molar-refractivity contribution in [1.82, 2.24) is 0 Å². The van der Waals surface area contributed by atoms with Gasteiger partial charge in [-0.2, -0.15) is 0 Å². The molecule has 5 atom stereocenters. The standard InChI is InChI=1S/C72H140O17P2/c1-6-9-12-15-18-21-24-26-31-36-41-46-51-56-70(75)83-62-68(89-72(77)58-53-48-43-38-33-28-30-34-39-44-49-54-65(4)5)64-87-91(80,81)85-60-66(73)59-84-90(78,79)86-63-67(61-82-69(74)55-50-45-40-35-29-23-20-17-14-11-8-3)88-71(76)57-52-47-42-37-32-27-25-22-19-16-13-10-7-2/h65-68,73H,6-64H2,1-5H3,(H,78,79)(H,80,81)/t66-,67+,68+/m0/s1. The summed E-state index contributed by atoms with van der Waals surface area (Å²) in [6, 6.07) is 0. The van der Waals surface area contributed by atoms with Crippen LogP contribution >= 0.6 is 15.6 Å². The highest BCUT2D eigenvalue weighted by molar-refractivity contribution is 7.47. The number of ether oxygens (including phenoxy) is 4. The van der Waals surface area contributed by atoms with Gasteiger partial charge < -0.3 is 33.8 Å². The molecule has 0 aromatic carbocycles. The van der Waals surface area contributed by atoms with Crippen LogP contribution in [0.3, 0.4) is 0 Å². The van der Waals surface area contributed by atoms with Gasteiger partial charge in [-0.25, -0.2) is 9.13 Å². The first-order valence-electron chi connectivity index (χ1n) is 37.6. The van der Waals surface area contributed by atoms with Crippen LogP contribution in [0.25, 0.3) is 0 Å². The van der Waals surface area contributed by atoms with Gasteiger partial charge in [0.1, 0.15) is 19.3 Å². The van der Waals surface area contributed by atoms with E-state index in [1.165, 1.54) is 199 Å². The molecule has 0 rings (SSSR count). The number of unbranched alkanes of at least 4 members (excludes halogenated alkanes) is 44. The molecule has 0 aromatic heterocycles. The molecule has 0 aliphatic carbocycles. The molecule has 3 N–H and O–H groups in total. The van der Waals surface area contributed by atoms with Gasteiger partial charge >= 0.3 is 39.5 Å². The molecular formula is C72H140O17P2. The molecule has 0 saturated heterocycles. The fourth-order valence-corrected chi connectivity index (χ4v) is 12.6.